The normalized spacial score (nSPS) is 11.4. The van der Waals surface area contributed by atoms with Crippen LogP contribution >= 0.6 is 12.2 Å². The molecule has 0 spiro atoms. The van der Waals surface area contributed by atoms with E-state index in [1.54, 1.807) is 22.4 Å². The van der Waals surface area contributed by atoms with Crippen molar-refractivity contribution in [3.8, 4) is 5.69 Å². The molecule has 0 unspecified atom stereocenters. The fourth-order valence-electron chi connectivity index (χ4n) is 2.96. The molecule has 0 atom stereocenters. The van der Waals surface area contributed by atoms with Crippen LogP contribution in [0.4, 0.5) is 8.78 Å². The van der Waals surface area contributed by atoms with Crippen LogP contribution in [0.25, 0.3) is 5.69 Å². The first kappa shape index (κ1) is 18.2. The summed E-state index contributed by atoms with van der Waals surface area (Å²) in [5.74, 6) is 0.552. The van der Waals surface area contributed by atoms with Gasteiger partial charge in [-0.15, -0.1) is 0 Å². The van der Waals surface area contributed by atoms with Crippen LogP contribution in [0, 0.1) is 11.7 Å². The first-order chi connectivity index (χ1) is 13.5. The molecule has 28 heavy (non-hydrogen) atoms. The highest BCUT2D eigenvalue weighted by Gasteiger charge is 2.16. The van der Waals surface area contributed by atoms with Crippen molar-refractivity contribution in [2.75, 3.05) is 0 Å². The Morgan fingerprint density at radius 2 is 1.96 bits per heavy atom. The lowest BCUT2D eigenvalue weighted by atomic mass is 10.2. The topological polar surface area (TPSA) is 69.2 Å². The lowest BCUT2D eigenvalue weighted by Crippen LogP contribution is -2.10. The minimum atomic E-state index is -2.61. The molecule has 7 nitrogen and oxygen atoms in total. The Labute approximate surface area is 164 Å². The maximum absolute atomic E-state index is 12.9. The van der Waals surface area contributed by atoms with Gasteiger partial charge in [0.2, 0.25) is 0 Å². The predicted octanol–water partition coefficient (Wildman–Crippen LogP) is 3.67. The fraction of sp³-hybridized carbons (Fsp3) is 0.222. The molecule has 3 aromatic heterocycles. The molecule has 10 heteroatoms. The smallest absolute Gasteiger partial charge is 0.267 e. The third-order valence-electron chi connectivity index (χ3n) is 4.32. The van der Waals surface area contributed by atoms with E-state index in [1.165, 1.54) is 10.7 Å². The van der Waals surface area contributed by atoms with E-state index < -0.39 is 6.43 Å². The number of halogens is 2. The Hall–Kier alpha value is -3.14. The first-order valence-electron chi connectivity index (χ1n) is 8.57. The van der Waals surface area contributed by atoms with Gasteiger partial charge in [-0.2, -0.15) is 15.3 Å². The van der Waals surface area contributed by atoms with Crippen LogP contribution in [0.2, 0.25) is 0 Å². The first-order valence-corrected chi connectivity index (χ1v) is 8.97. The molecule has 144 valence electrons. The second-order valence-corrected chi connectivity index (χ2v) is 6.72. The highest BCUT2D eigenvalue weighted by atomic mass is 32.1. The van der Waals surface area contributed by atoms with Gasteiger partial charge in [0.25, 0.3) is 6.43 Å². The maximum Gasteiger partial charge on any atom is 0.282 e. The Balaban J connectivity index is 1.62. The number of benzene rings is 1. The van der Waals surface area contributed by atoms with Gasteiger partial charge >= 0.3 is 0 Å². The number of nitrogens with one attached hydrogen (secondary N) is 1. The summed E-state index contributed by atoms with van der Waals surface area (Å²) in [7, 11) is 0. The second kappa shape index (κ2) is 7.47. The van der Waals surface area contributed by atoms with Gasteiger partial charge < -0.3 is 0 Å². The quantitative estimate of drug-likeness (QED) is 0.501. The van der Waals surface area contributed by atoms with Gasteiger partial charge in [-0.25, -0.2) is 8.78 Å². The van der Waals surface area contributed by atoms with Crippen molar-refractivity contribution in [2.24, 2.45) is 0 Å². The van der Waals surface area contributed by atoms with Crippen LogP contribution in [-0.4, -0.2) is 34.3 Å². The third-order valence-corrected chi connectivity index (χ3v) is 4.60. The van der Waals surface area contributed by atoms with E-state index in [-0.39, 0.29) is 12.2 Å². The Morgan fingerprint density at radius 3 is 2.68 bits per heavy atom. The van der Waals surface area contributed by atoms with Gasteiger partial charge in [-0.1, -0.05) is 30.3 Å². The lowest BCUT2D eigenvalue weighted by Gasteiger charge is -2.06. The van der Waals surface area contributed by atoms with Gasteiger partial charge in [-0.3, -0.25) is 19.0 Å². The minimum Gasteiger partial charge on any atom is -0.267 e. The molecule has 0 amide bonds. The number of hydrogen-bond acceptors (Lipinski definition) is 4. The van der Waals surface area contributed by atoms with Gasteiger partial charge in [0.05, 0.1) is 18.4 Å². The van der Waals surface area contributed by atoms with E-state index in [0.717, 1.165) is 11.3 Å². The van der Waals surface area contributed by atoms with Crippen LogP contribution in [0.1, 0.15) is 29.2 Å². The summed E-state index contributed by atoms with van der Waals surface area (Å²) in [6, 6.07) is 11.3. The molecule has 0 saturated heterocycles. The summed E-state index contributed by atoms with van der Waals surface area (Å²) in [6.45, 7) is 2.55. The SMILES string of the molecule is Cc1cc(C(F)F)nn1Cc1n[nH]c(=S)n1-c1cnn(Cc2ccccc2)c1. The maximum atomic E-state index is 12.9. The van der Waals surface area contributed by atoms with Crippen molar-refractivity contribution < 1.29 is 8.78 Å². The lowest BCUT2D eigenvalue weighted by molar-refractivity contribution is 0.145. The summed E-state index contributed by atoms with van der Waals surface area (Å²) in [5.41, 5.74) is 2.23. The number of aromatic amines is 1. The van der Waals surface area contributed by atoms with Gasteiger partial charge in [0.1, 0.15) is 12.2 Å². The van der Waals surface area contributed by atoms with E-state index >= 15 is 0 Å². The average Bonchev–Trinajstić information content (AvgIpc) is 3.36. The van der Waals surface area contributed by atoms with E-state index in [1.807, 2.05) is 36.5 Å². The molecule has 3 heterocycles. The van der Waals surface area contributed by atoms with Crippen LogP contribution in [0.15, 0.2) is 48.8 Å². The fourth-order valence-corrected chi connectivity index (χ4v) is 3.22. The van der Waals surface area contributed by atoms with E-state index in [2.05, 4.69) is 20.4 Å². The summed E-state index contributed by atoms with van der Waals surface area (Å²) in [4.78, 5) is 0. The summed E-state index contributed by atoms with van der Waals surface area (Å²) >= 11 is 5.35. The molecule has 1 N–H and O–H groups in total. The zero-order valence-corrected chi connectivity index (χ0v) is 15.8. The van der Waals surface area contributed by atoms with Gasteiger partial charge in [-0.05, 0) is 30.8 Å². The highest BCUT2D eigenvalue weighted by molar-refractivity contribution is 7.71. The number of H-pyrrole nitrogens is 1. The zero-order chi connectivity index (χ0) is 19.7. The predicted molar refractivity (Wildman–Crippen MR) is 101 cm³/mol. The van der Waals surface area contributed by atoms with E-state index in [0.29, 0.717) is 22.8 Å². The highest BCUT2D eigenvalue weighted by Crippen LogP contribution is 2.19. The molecule has 4 rings (SSSR count). The van der Waals surface area contributed by atoms with Crippen LogP contribution < -0.4 is 0 Å². The molecule has 4 aromatic rings. The summed E-state index contributed by atoms with van der Waals surface area (Å²) in [5, 5.41) is 15.3. The van der Waals surface area contributed by atoms with Crippen molar-refractivity contribution in [3.63, 3.8) is 0 Å². The number of alkyl halides is 2. The summed E-state index contributed by atoms with van der Waals surface area (Å²) in [6.07, 6.45) is 0.942. The average molecular weight is 401 g/mol. The monoisotopic (exact) mass is 401 g/mol. The molecule has 0 radical (unpaired) electrons. The van der Waals surface area contributed by atoms with Crippen molar-refractivity contribution in [3.05, 3.63) is 76.3 Å². The van der Waals surface area contributed by atoms with Gasteiger partial charge in [0.15, 0.2) is 10.6 Å². The van der Waals surface area contributed by atoms with Crippen molar-refractivity contribution >= 4 is 12.2 Å². The molecule has 0 aliphatic rings. The van der Waals surface area contributed by atoms with Crippen LogP contribution in [0.3, 0.4) is 0 Å². The van der Waals surface area contributed by atoms with E-state index in [4.69, 9.17) is 12.2 Å². The molecule has 0 aliphatic heterocycles. The van der Waals surface area contributed by atoms with Crippen molar-refractivity contribution in [1.29, 1.82) is 0 Å². The van der Waals surface area contributed by atoms with Crippen LogP contribution in [-0.2, 0) is 13.1 Å². The Bertz CT molecular complexity index is 1140. The second-order valence-electron chi connectivity index (χ2n) is 6.33. The summed E-state index contributed by atoms with van der Waals surface area (Å²) < 4.78 is 31.2. The third kappa shape index (κ3) is 3.63. The minimum absolute atomic E-state index is 0.204. The Kier molecular flexibility index (Phi) is 4.86. The molecule has 0 fully saturated rings. The van der Waals surface area contributed by atoms with Crippen molar-refractivity contribution in [2.45, 2.75) is 26.4 Å². The standard InChI is InChI=1S/C18H17F2N7S/c1-12-7-15(17(19)20)24-26(12)11-16-22-23-18(28)27(16)14-8-21-25(10-14)9-13-5-3-2-4-6-13/h2-8,10,17H,9,11H2,1H3,(H,23,28). The van der Waals surface area contributed by atoms with E-state index in [9.17, 15) is 8.78 Å². The van der Waals surface area contributed by atoms with Gasteiger partial charge in [0, 0.05) is 11.9 Å². The zero-order valence-electron chi connectivity index (χ0n) is 15.0. The van der Waals surface area contributed by atoms with Crippen LogP contribution in [0.5, 0.6) is 0 Å². The Morgan fingerprint density at radius 1 is 1.18 bits per heavy atom. The largest absolute Gasteiger partial charge is 0.282 e. The molecule has 1 aromatic carbocycles. The molecular weight excluding hydrogens is 384 g/mol. The number of aromatic nitrogens is 7. The molecule has 0 aliphatic carbocycles. The molecule has 0 bridgehead atoms. The number of rotatable bonds is 6. The molecular formula is C18H17F2N7S. The number of aryl methyl sites for hydroxylation is 1. The number of nitrogens with zero attached hydrogens (tertiary/aromatic N) is 6. The van der Waals surface area contributed by atoms with Crippen molar-refractivity contribution in [1.82, 2.24) is 34.3 Å². The molecule has 0 saturated carbocycles. The number of hydrogen-bond donors (Lipinski definition) is 1.